The molecule has 1 aromatic rings. The molecule has 0 bridgehead atoms. The van der Waals surface area contributed by atoms with Gasteiger partial charge in [-0.15, -0.1) is 0 Å². The van der Waals surface area contributed by atoms with Gasteiger partial charge in [0, 0.05) is 19.6 Å². The van der Waals surface area contributed by atoms with E-state index in [1.807, 2.05) is 36.1 Å². The minimum atomic E-state index is -0.564. The Morgan fingerprint density at radius 1 is 1.35 bits per heavy atom. The maximum atomic E-state index is 11.8. The Kier molecular flexibility index (Phi) is 4.78. The molecular formula is C16H24N2O2. The zero-order valence-corrected chi connectivity index (χ0v) is 12.4. The number of hydrogen-bond donors (Lipinski definition) is 2. The molecule has 1 heterocycles. The van der Waals surface area contributed by atoms with Crippen molar-refractivity contribution in [2.24, 2.45) is 0 Å². The minimum Gasteiger partial charge on any atom is -0.387 e. The predicted molar refractivity (Wildman–Crippen MR) is 79.3 cm³/mol. The van der Waals surface area contributed by atoms with E-state index in [2.05, 4.69) is 12.2 Å². The zero-order valence-electron chi connectivity index (χ0n) is 12.4. The molecule has 0 spiro atoms. The Balaban J connectivity index is 1.68. The largest absolute Gasteiger partial charge is 0.387 e. The van der Waals surface area contributed by atoms with Crippen molar-refractivity contribution in [3.8, 4) is 0 Å². The first-order valence-corrected chi connectivity index (χ1v) is 7.28. The molecular weight excluding hydrogens is 252 g/mol. The molecule has 1 saturated heterocycles. The van der Waals surface area contributed by atoms with Crippen molar-refractivity contribution < 1.29 is 9.90 Å². The Labute approximate surface area is 120 Å². The summed E-state index contributed by atoms with van der Waals surface area (Å²) < 4.78 is 0. The Bertz CT molecular complexity index is 450. The van der Waals surface area contributed by atoms with E-state index in [1.54, 1.807) is 0 Å². The van der Waals surface area contributed by atoms with Crippen LogP contribution < -0.4 is 5.32 Å². The molecule has 0 aliphatic carbocycles. The molecule has 0 saturated carbocycles. The molecule has 1 amide bonds. The molecule has 0 radical (unpaired) electrons. The van der Waals surface area contributed by atoms with Crippen LogP contribution in [0.3, 0.4) is 0 Å². The number of hydrogen-bond acceptors (Lipinski definition) is 3. The predicted octanol–water partition coefficient (Wildman–Crippen LogP) is 1.46. The van der Waals surface area contributed by atoms with Gasteiger partial charge in [-0.1, -0.05) is 43.2 Å². The maximum Gasteiger partial charge on any atom is 0.234 e. The quantitative estimate of drug-likeness (QED) is 0.827. The fraction of sp³-hybridized carbons (Fsp3) is 0.562. The monoisotopic (exact) mass is 276 g/mol. The third-order valence-corrected chi connectivity index (χ3v) is 3.73. The fourth-order valence-corrected chi connectivity index (χ4v) is 2.69. The number of carbonyl (C=O) groups excluding carboxylic acids is 1. The van der Waals surface area contributed by atoms with Crippen LogP contribution in [0.4, 0.5) is 0 Å². The normalized spacial score (nSPS) is 17.6. The number of likely N-dealkylation sites (tertiary alicyclic amines) is 1. The average molecular weight is 276 g/mol. The van der Waals surface area contributed by atoms with Crippen LogP contribution >= 0.6 is 0 Å². The van der Waals surface area contributed by atoms with Crippen molar-refractivity contribution in [3.63, 3.8) is 0 Å². The van der Waals surface area contributed by atoms with Gasteiger partial charge in [0.25, 0.3) is 0 Å². The summed E-state index contributed by atoms with van der Waals surface area (Å²) in [6.45, 7) is 6.26. The number of carbonyl (C=O) groups is 1. The highest BCUT2D eigenvalue weighted by molar-refractivity contribution is 5.78. The van der Waals surface area contributed by atoms with Gasteiger partial charge < -0.3 is 10.4 Å². The number of benzene rings is 1. The lowest BCUT2D eigenvalue weighted by atomic mass is 9.89. The Morgan fingerprint density at radius 3 is 2.60 bits per heavy atom. The first-order chi connectivity index (χ1) is 9.50. The van der Waals surface area contributed by atoms with Crippen molar-refractivity contribution >= 4 is 5.91 Å². The molecule has 2 N–H and O–H groups in total. The molecule has 1 aromatic carbocycles. The molecule has 1 fully saturated rings. The minimum absolute atomic E-state index is 0.0177. The molecule has 1 aliphatic rings. The summed E-state index contributed by atoms with van der Waals surface area (Å²) in [7, 11) is 0. The number of amides is 1. The highest BCUT2D eigenvalue weighted by Gasteiger charge is 2.40. The summed E-state index contributed by atoms with van der Waals surface area (Å²) in [5.74, 6) is 0.0177. The van der Waals surface area contributed by atoms with E-state index >= 15 is 0 Å². The van der Waals surface area contributed by atoms with Gasteiger partial charge in [0.05, 0.1) is 12.1 Å². The van der Waals surface area contributed by atoms with E-state index in [-0.39, 0.29) is 5.91 Å². The van der Waals surface area contributed by atoms with Gasteiger partial charge in [0.15, 0.2) is 0 Å². The number of nitrogens with one attached hydrogen (secondary N) is 1. The van der Waals surface area contributed by atoms with Gasteiger partial charge in [0.2, 0.25) is 5.91 Å². The molecule has 4 heteroatoms. The van der Waals surface area contributed by atoms with Crippen LogP contribution in [0.15, 0.2) is 24.3 Å². The highest BCUT2D eigenvalue weighted by Crippen LogP contribution is 2.25. The van der Waals surface area contributed by atoms with E-state index in [1.165, 1.54) is 5.56 Å². The van der Waals surface area contributed by atoms with Crippen molar-refractivity contribution in [2.75, 3.05) is 19.6 Å². The zero-order chi connectivity index (χ0) is 14.6. The Hall–Kier alpha value is -1.39. The highest BCUT2D eigenvalue weighted by atomic mass is 16.3. The standard InChI is InChI=1S/C16H24N2O2/c1-3-8-16(20)11-18(12-16)10-15(19)17-9-14-6-4-13(2)5-7-14/h4-7,20H,3,8-12H2,1-2H3,(H,17,19). The lowest BCUT2D eigenvalue weighted by molar-refractivity contribution is -0.133. The van der Waals surface area contributed by atoms with Crippen LogP contribution in [0.5, 0.6) is 0 Å². The number of β-amino-alcohol motifs (C(OH)–C–C–N with tert-alkyl or cyclic N) is 1. The van der Waals surface area contributed by atoms with Crippen LogP contribution in [-0.4, -0.2) is 41.1 Å². The van der Waals surface area contributed by atoms with Crippen LogP contribution in [0.25, 0.3) is 0 Å². The van der Waals surface area contributed by atoms with Crippen LogP contribution in [0, 0.1) is 6.92 Å². The molecule has 1 aliphatic heterocycles. The molecule has 0 atom stereocenters. The fourth-order valence-electron chi connectivity index (χ4n) is 2.69. The number of aliphatic hydroxyl groups is 1. The van der Waals surface area contributed by atoms with Crippen molar-refractivity contribution in [2.45, 2.75) is 38.8 Å². The second kappa shape index (κ2) is 6.37. The number of nitrogens with zero attached hydrogens (tertiary/aromatic N) is 1. The Morgan fingerprint density at radius 2 is 2.00 bits per heavy atom. The van der Waals surface area contributed by atoms with E-state index in [9.17, 15) is 9.90 Å². The first kappa shape index (κ1) is 15.0. The van der Waals surface area contributed by atoms with Crippen LogP contribution in [0.2, 0.25) is 0 Å². The topological polar surface area (TPSA) is 52.6 Å². The lowest BCUT2D eigenvalue weighted by Gasteiger charge is -2.46. The van der Waals surface area contributed by atoms with Gasteiger partial charge in [-0.2, -0.15) is 0 Å². The first-order valence-electron chi connectivity index (χ1n) is 7.28. The third kappa shape index (κ3) is 4.05. The maximum absolute atomic E-state index is 11.8. The van der Waals surface area contributed by atoms with Crippen LogP contribution in [0.1, 0.15) is 30.9 Å². The molecule has 0 unspecified atom stereocenters. The van der Waals surface area contributed by atoms with Crippen molar-refractivity contribution in [1.82, 2.24) is 10.2 Å². The van der Waals surface area contributed by atoms with Crippen molar-refractivity contribution in [1.29, 1.82) is 0 Å². The van der Waals surface area contributed by atoms with E-state index in [0.717, 1.165) is 18.4 Å². The van der Waals surface area contributed by atoms with Gasteiger partial charge >= 0.3 is 0 Å². The lowest BCUT2D eigenvalue weighted by Crippen LogP contribution is -2.63. The van der Waals surface area contributed by atoms with Crippen molar-refractivity contribution in [3.05, 3.63) is 35.4 Å². The SMILES string of the molecule is CCCC1(O)CN(CC(=O)NCc2ccc(C)cc2)C1. The summed E-state index contributed by atoms with van der Waals surface area (Å²) >= 11 is 0. The van der Waals surface area contributed by atoms with E-state index in [4.69, 9.17) is 0 Å². The molecule has 20 heavy (non-hydrogen) atoms. The number of rotatable bonds is 6. The average Bonchev–Trinajstić information content (AvgIpc) is 2.36. The molecule has 4 nitrogen and oxygen atoms in total. The summed E-state index contributed by atoms with van der Waals surface area (Å²) in [6.07, 6.45) is 1.79. The van der Waals surface area contributed by atoms with Gasteiger partial charge in [-0.3, -0.25) is 9.69 Å². The van der Waals surface area contributed by atoms with Gasteiger partial charge in [-0.05, 0) is 18.9 Å². The summed E-state index contributed by atoms with van der Waals surface area (Å²) in [5, 5.41) is 13.0. The molecule has 0 aromatic heterocycles. The second-order valence-electron chi connectivity index (χ2n) is 5.88. The van der Waals surface area contributed by atoms with E-state index in [0.29, 0.717) is 26.2 Å². The number of aryl methyl sites for hydroxylation is 1. The van der Waals surface area contributed by atoms with Crippen LogP contribution in [-0.2, 0) is 11.3 Å². The second-order valence-corrected chi connectivity index (χ2v) is 5.88. The summed E-state index contributed by atoms with van der Waals surface area (Å²) in [5.41, 5.74) is 1.76. The summed E-state index contributed by atoms with van der Waals surface area (Å²) in [6, 6.07) is 8.14. The van der Waals surface area contributed by atoms with E-state index < -0.39 is 5.60 Å². The smallest absolute Gasteiger partial charge is 0.234 e. The summed E-state index contributed by atoms with van der Waals surface area (Å²) in [4.78, 5) is 13.8. The molecule has 2 rings (SSSR count). The third-order valence-electron chi connectivity index (χ3n) is 3.73. The molecule has 110 valence electrons. The van der Waals surface area contributed by atoms with Gasteiger partial charge in [-0.25, -0.2) is 0 Å². The van der Waals surface area contributed by atoms with Gasteiger partial charge in [0.1, 0.15) is 0 Å².